The Balaban J connectivity index is 3.16. The molecule has 0 fully saturated rings. The van der Waals surface area contributed by atoms with Gasteiger partial charge in [0.1, 0.15) is 0 Å². The molecule has 1 atom stereocenters. The number of aliphatic carboxylic acids is 1. The molecule has 3 heteroatoms. The van der Waals surface area contributed by atoms with E-state index in [1.54, 1.807) is 13.8 Å². The van der Waals surface area contributed by atoms with E-state index >= 15 is 0 Å². The zero-order valence-electron chi connectivity index (χ0n) is 9.47. The van der Waals surface area contributed by atoms with E-state index in [1.165, 1.54) is 0 Å². The van der Waals surface area contributed by atoms with Crippen molar-refractivity contribution in [1.29, 1.82) is 0 Å². The summed E-state index contributed by atoms with van der Waals surface area (Å²) in [5.74, 6) is -0.945. The summed E-state index contributed by atoms with van der Waals surface area (Å²) in [4.78, 5) is 11.0. The van der Waals surface area contributed by atoms with Crippen molar-refractivity contribution < 1.29 is 15.0 Å². The SMILES string of the molecule is CC(C(=O)O)=C(CC(C)O)c1ccccc1. The maximum Gasteiger partial charge on any atom is 0.331 e. The molecule has 1 aromatic carbocycles. The number of aliphatic hydroxyl groups is 1. The van der Waals surface area contributed by atoms with Crippen LogP contribution in [-0.2, 0) is 4.79 Å². The van der Waals surface area contributed by atoms with Crippen molar-refractivity contribution in [3.63, 3.8) is 0 Å². The van der Waals surface area contributed by atoms with Crippen LogP contribution in [0.2, 0.25) is 0 Å². The average Bonchev–Trinajstić information content (AvgIpc) is 2.26. The van der Waals surface area contributed by atoms with Gasteiger partial charge in [0, 0.05) is 5.57 Å². The molecule has 1 aromatic rings. The van der Waals surface area contributed by atoms with Gasteiger partial charge in [-0.05, 0) is 31.4 Å². The Morgan fingerprint density at radius 1 is 1.31 bits per heavy atom. The quantitative estimate of drug-likeness (QED) is 0.765. The highest BCUT2D eigenvalue weighted by Crippen LogP contribution is 2.23. The molecule has 0 aromatic heterocycles. The molecule has 0 heterocycles. The van der Waals surface area contributed by atoms with Crippen LogP contribution >= 0.6 is 0 Å². The molecule has 0 aliphatic rings. The van der Waals surface area contributed by atoms with Gasteiger partial charge in [0.2, 0.25) is 0 Å². The summed E-state index contributed by atoms with van der Waals surface area (Å²) in [6.45, 7) is 3.21. The Bertz CT molecular complexity index is 391. The number of carbonyl (C=O) groups is 1. The van der Waals surface area contributed by atoms with Crippen LogP contribution in [0.1, 0.15) is 25.8 Å². The maximum atomic E-state index is 11.0. The summed E-state index contributed by atoms with van der Waals surface area (Å²) in [5.41, 5.74) is 1.82. The summed E-state index contributed by atoms with van der Waals surface area (Å²) in [5, 5.41) is 18.4. The molecule has 0 radical (unpaired) electrons. The van der Waals surface area contributed by atoms with Crippen LogP contribution in [-0.4, -0.2) is 22.3 Å². The third-order valence-electron chi connectivity index (χ3n) is 2.40. The Kier molecular flexibility index (Phi) is 4.26. The fourth-order valence-corrected chi connectivity index (χ4v) is 1.55. The van der Waals surface area contributed by atoms with E-state index in [2.05, 4.69) is 0 Å². The second-order valence-corrected chi connectivity index (χ2v) is 3.83. The topological polar surface area (TPSA) is 57.5 Å². The van der Waals surface area contributed by atoms with E-state index in [-0.39, 0.29) is 5.57 Å². The highest BCUT2D eigenvalue weighted by Gasteiger charge is 2.13. The Labute approximate surface area is 95.0 Å². The standard InChI is InChI=1S/C13H16O3/c1-9(14)8-12(10(2)13(15)16)11-6-4-3-5-7-11/h3-7,9,14H,8H2,1-2H3,(H,15,16). The van der Waals surface area contributed by atoms with Gasteiger partial charge in [-0.2, -0.15) is 0 Å². The minimum absolute atomic E-state index is 0.284. The van der Waals surface area contributed by atoms with Gasteiger partial charge in [-0.3, -0.25) is 0 Å². The first-order valence-electron chi connectivity index (χ1n) is 5.19. The van der Waals surface area contributed by atoms with Crippen molar-refractivity contribution in [2.24, 2.45) is 0 Å². The summed E-state index contributed by atoms with van der Waals surface area (Å²) in [7, 11) is 0. The number of carboxylic acid groups (broad SMARTS) is 1. The fourth-order valence-electron chi connectivity index (χ4n) is 1.55. The third kappa shape index (κ3) is 3.21. The highest BCUT2D eigenvalue weighted by molar-refractivity contribution is 5.95. The third-order valence-corrected chi connectivity index (χ3v) is 2.40. The minimum Gasteiger partial charge on any atom is -0.478 e. The lowest BCUT2D eigenvalue weighted by molar-refractivity contribution is -0.132. The zero-order valence-corrected chi connectivity index (χ0v) is 9.47. The lowest BCUT2D eigenvalue weighted by Crippen LogP contribution is -2.07. The predicted molar refractivity (Wildman–Crippen MR) is 63.0 cm³/mol. The van der Waals surface area contributed by atoms with E-state index in [1.807, 2.05) is 30.3 Å². The van der Waals surface area contributed by atoms with E-state index in [0.717, 1.165) is 5.56 Å². The van der Waals surface area contributed by atoms with Gasteiger partial charge >= 0.3 is 5.97 Å². The largest absolute Gasteiger partial charge is 0.478 e. The molecule has 1 rings (SSSR count). The molecule has 0 aliphatic heterocycles. The van der Waals surface area contributed by atoms with Crippen LogP contribution in [0.3, 0.4) is 0 Å². The molecule has 0 aliphatic carbocycles. The van der Waals surface area contributed by atoms with Gasteiger partial charge in [0.15, 0.2) is 0 Å². The second kappa shape index (κ2) is 5.47. The average molecular weight is 220 g/mol. The molecule has 0 saturated carbocycles. The van der Waals surface area contributed by atoms with Crippen LogP contribution in [0.5, 0.6) is 0 Å². The Hall–Kier alpha value is -1.61. The van der Waals surface area contributed by atoms with Crippen LogP contribution in [0.4, 0.5) is 0 Å². The molecule has 16 heavy (non-hydrogen) atoms. The van der Waals surface area contributed by atoms with Gasteiger partial charge in [-0.25, -0.2) is 4.79 Å². The Morgan fingerprint density at radius 3 is 2.31 bits per heavy atom. The number of hydrogen-bond acceptors (Lipinski definition) is 2. The van der Waals surface area contributed by atoms with Crippen LogP contribution in [0.15, 0.2) is 35.9 Å². The predicted octanol–water partition coefficient (Wildman–Crippen LogP) is 2.32. The first-order chi connectivity index (χ1) is 7.52. The van der Waals surface area contributed by atoms with E-state index in [9.17, 15) is 9.90 Å². The zero-order chi connectivity index (χ0) is 12.1. The van der Waals surface area contributed by atoms with Crippen LogP contribution in [0.25, 0.3) is 5.57 Å². The van der Waals surface area contributed by atoms with Gasteiger partial charge in [-0.15, -0.1) is 0 Å². The first-order valence-corrected chi connectivity index (χ1v) is 5.19. The van der Waals surface area contributed by atoms with E-state index < -0.39 is 12.1 Å². The molecular formula is C13H16O3. The molecule has 3 nitrogen and oxygen atoms in total. The maximum absolute atomic E-state index is 11.0. The first kappa shape index (κ1) is 12.5. The molecule has 0 spiro atoms. The van der Waals surface area contributed by atoms with Crippen molar-refractivity contribution in [3.8, 4) is 0 Å². The lowest BCUT2D eigenvalue weighted by Gasteiger charge is -2.12. The highest BCUT2D eigenvalue weighted by atomic mass is 16.4. The van der Waals surface area contributed by atoms with Crippen molar-refractivity contribution in [3.05, 3.63) is 41.5 Å². The molecule has 0 saturated heterocycles. The molecule has 1 unspecified atom stereocenters. The van der Waals surface area contributed by atoms with Gasteiger partial charge in [0.05, 0.1) is 6.10 Å². The molecule has 2 N–H and O–H groups in total. The van der Waals surface area contributed by atoms with Crippen molar-refractivity contribution >= 4 is 11.5 Å². The number of carboxylic acids is 1. The van der Waals surface area contributed by atoms with E-state index in [0.29, 0.717) is 12.0 Å². The molecular weight excluding hydrogens is 204 g/mol. The van der Waals surface area contributed by atoms with Crippen LogP contribution in [0, 0.1) is 0 Å². The van der Waals surface area contributed by atoms with Gasteiger partial charge < -0.3 is 10.2 Å². The second-order valence-electron chi connectivity index (χ2n) is 3.83. The normalized spacial score (nSPS) is 14.2. The van der Waals surface area contributed by atoms with Crippen molar-refractivity contribution in [2.45, 2.75) is 26.4 Å². The monoisotopic (exact) mass is 220 g/mol. The molecule has 86 valence electrons. The number of benzene rings is 1. The van der Waals surface area contributed by atoms with Crippen LogP contribution < -0.4 is 0 Å². The Morgan fingerprint density at radius 2 is 1.88 bits per heavy atom. The lowest BCUT2D eigenvalue weighted by atomic mass is 9.96. The van der Waals surface area contributed by atoms with Gasteiger partial charge in [-0.1, -0.05) is 30.3 Å². The summed E-state index contributed by atoms with van der Waals surface area (Å²) in [6, 6.07) is 9.28. The number of aliphatic hydroxyl groups excluding tert-OH is 1. The molecule has 0 bridgehead atoms. The smallest absolute Gasteiger partial charge is 0.331 e. The number of rotatable bonds is 4. The summed E-state index contributed by atoms with van der Waals surface area (Å²) >= 11 is 0. The minimum atomic E-state index is -0.945. The summed E-state index contributed by atoms with van der Waals surface area (Å²) in [6.07, 6.45) is -0.202. The fraction of sp³-hybridized carbons (Fsp3) is 0.308. The molecule has 0 amide bonds. The van der Waals surface area contributed by atoms with Crippen molar-refractivity contribution in [2.75, 3.05) is 0 Å². The van der Waals surface area contributed by atoms with Gasteiger partial charge in [0.25, 0.3) is 0 Å². The van der Waals surface area contributed by atoms with Crippen molar-refractivity contribution in [1.82, 2.24) is 0 Å². The van der Waals surface area contributed by atoms with E-state index in [4.69, 9.17) is 5.11 Å². The summed E-state index contributed by atoms with van der Waals surface area (Å²) < 4.78 is 0. The number of hydrogen-bond donors (Lipinski definition) is 2.